The lowest BCUT2D eigenvalue weighted by Gasteiger charge is -2.51. The predicted octanol–water partition coefficient (Wildman–Crippen LogP) is 2.18. The molecule has 0 aromatic carbocycles. The largest absolute Gasteiger partial charge is 0.390 e. The molecular weight excluding hydrogens is 226 g/mol. The molecule has 3 saturated heterocycles. The molecule has 0 saturated carbocycles. The highest BCUT2D eigenvalue weighted by molar-refractivity contribution is 4.99. The third kappa shape index (κ3) is 2.59. The van der Waals surface area contributed by atoms with Crippen LogP contribution < -0.4 is 0 Å². The van der Waals surface area contributed by atoms with E-state index in [0.717, 1.165) is 45.3 Å². The Morgan fingerprint density at radius 3 is 2.33 bits per heavy atom. The molecule has 3 heteroatoms. The van der Waals surface area contributed by atoms with Crippen molar-refractivity contribution in [1.29, 1.82) is 0 Å². The third-order valence-electron chi connectivity index (χ3n) is 5.47. The number of nitrogens with zero attached hydrogens (tertiary/aromatic N) is 1. The molecule has 3 nitrogen and oxygen atoms in total. The monoisotopic (exact) mass is 253 g/mol. The van der Waals surface area contributed by atoms with Gasteiger partial charge in [-0.2, -0.15) is 0 Å². The topological polar surface area (TPSA) is 32.7 Å². The first kappa shape index (κ1) is 12.9. The quantitative estimate of drug-likeness (QED) is 0.819. The van der Waals surface area contributed by atoms with Crippen LogP contribution >= 0.6 is 0 Å². The molecule has 0 aromatic heterocycles. The second-order valence-corrected chi connectivity index (χ2v) is 6.80. The summed E-state index contributed by atoms with van der Waals surface area (Å²) in [6.07, 6.45) is 9.21. The van der Waals surface area contributed by atoms with Gasteiger partial charge in [0.1, 0.15) is 0 Å². The SMILES string of the molecule is CN1C2CCCC1CC(O)(CC1CCOCC1)C2. The number of piperidine rings is 2. The molecule has 1 N–H and O–H groups in total. The van der Waals surface area contributed by atoms with Crippen LogP contribution in [0, 0.1) is 5.92 Å². The number of hydrogen-bond acceptors (Lipinski definition) is 3. The average Bonchev–Trinajstić information content (AvgIpc) is 2.33. The molecule has 3 aliphatic heterocycles. The Hall–Kier alpha value is -0.120. The van der Waals surface area contributed by atoms with Crippen LogP contribution in [-0.2, 0) is 4.74 Å². The maximum atomic E-state index is 11.0. The maximum Gasteiger partial charge on any atom is 0.0680 e. The summed E-state index contributed by atoms with van der Waals surface area (Å²) in [7, 11) is 2.25. The average molecular weight is 253 g/mol. The molecule has 3 rings (SSSR count). The summed E-state index contributed by atoms with van der Waals surface area (Å²) >= 11 is 0. The van der Waals surface area contributed by atoms with E-state index < -0.39 is 0 Å². The molecule has 3 aliphatic rings. The Bertz CT molecular complexity index is 274. The number of hydrogen-bond donors (Lipinski definition) is 1. The van der Waals surface area contributed by atoms with Crippen LogP contribution in [0.5, 0.6) is 0 Å². The first-order valence-corrected chi connectivity index (χ1v) is 7.68. The number of ether oxygens (including phenoxy) is 1. The first-order chi connectivity index (χ1) is 8.66. The number of aliphatic hydroxyl groups is 1. The fourth-order valence-corrected chi connectivity index (χ4v) is 4.40. The van der Waals surface area contributed by atoms with E-state index in [9.17, 15) is 5.11 Å². The van der Waals surface area contributed by atoms with Crippen molar-refractivity contribution >= 4 is 0 Å². The van der Waals surface area contributed by atoms with Crippen molar-refractivity contribution in [3.63, 3.8) is 0 Å². The lowest BCUT2D eigenvalue weighted by atomic mass is 9.71. The van der Waals surface area contributed by atoms with Gasteiger partial charge in [-0.1, -0.05) is 6.42 Å². The van der Waals surface area contributed by atoms with E-state index >= 15 is 0 Å². The molecule has 2 unspecified atom stereocenters. The van der Waals surface area contributed by atoms with Crippen molar-refractivity contribution in [2.24, 2.45) is 5.92 Å². The van der Waals surface area contributed by atoms with Crippen molar-refractivity contribution < 1.29 is 9.84 Å². The van der Waals surface area contributed by atoms with Crippen LogP contribution in [-0.4, -0.2) is 48.0 Å². The minimum absolute atomic E-state index is 0.385. The van der Waals surface area contributed by atoms with Gasteiger partial charge in [0.05, 0.1) is 5.60 Å². The van der Waals surface area contributed by atoms with Crippen molar-refractivity contribution in [2.45, 2.75) is 69.1 Å². The molecule has 2 bridgehead atoms. The molecule has 0 aliphatic carbocycles. The molecule has 0 spiro atoms. The van der Waals surface area contributed by atoms with Gasteiger partial charge in [0.2, 0.25) is 0 Å². The molecule has 0 radical (unpaired) electrons. The van der Waals surface area contributed by atoms with Crippen molar-refractivity contribution in [3.05, 3.63) is 0 Å². The molecule has 104 valence electrons. The van der Waals surface area contributed by atoms with E-state index in [1.807, 2.05) is 0 Å². The Balaban J connectivity index is 1.63. The molecule has 18 heavy (non-hydrogen) atoms. The van der Waals surface area contributed by atoms with Gasteiger partial charge < -0.3 is 14.7 Å². The van der Waals surface area contributed by atoms with Crippen LogP contribution in [0.3, 0.4) is 0 Å². The Morgan fingerprint density at radius 1 is 1.11 bits per heavy atom. The minimum atomic E-state index is -0.385. The van der Waals surface area contributed by atoms with Gasteiger partial charge in [-0.15, -0.1) is 0 Å². The third-order valence-corrected chi connectivity index (χ3v) is 5.47. The van der Waals surface area contributed by atoms with E-state index in [1.165, 1.54) is 19.3 Å². The fraction of sp³-hybridized carbons (Fsp3) is 1.00. The van der Waals surface area contributed by atoms with E-state index in [2.05, 4.69) is 11.9 Å². The number of fused-ring (bicyclic) bond motifs is 2. The Morgan fingerprint density at radius 2 is 1.72 bits per heavy atom. The van der Waals surface area contributed by atoms with Crippen LogP contribution in [0.1, 0.15) is 51.4 Å². The van der Waals surface area contributed by atoms with E-state index in [1.54, 1.807) is 0 Å². The second-order valence-electron chi connectivity index (χ2n) is 6.80. The molecule has 0 aromatic rings. The van der Waals surface area contributed by atoms with Crippen molar-refractivity contribution in [2.75, 3.05) is 20.3 Å². The van der Waals surface area contributed by atoms with Gasteiger partial charge in [-0.3, -0.25) is 0 Å². The second kappa shape index (κ2) is 5.10. The lowest BCUT2D eigenvalue weighted by Crippen LogP contribution is -2.56. The Labute approximate surface area is 110 Å². The van der Waals surface area contributed by atoms with Gasteiger partial charge in [0.15, 0.2) is 0 Å². The standard InChI is InChI=1S/C15H27NO2/c1-16-13-3-2-4-14(16)11-15(17,10-13)9-12-5-7-18-8-6-12/h12-14,17H,2-11H2,1H3. The van der Waals surface area contributed by atoms with Crippen LogP contribution in [0.2, 0.25) is 0 Å². The summed E-state index contributed by atoms with van der Waals surface area (Å²) in [5.41, 5.74) is -0.385. The highest BCUT2D eigenvalue weighted by Gasteiger charge is 2.44. The predicted molar refractivity (Wildman–Crippen MR) is 71.5 cm³/mol. The van der Waals surface area contributed by atoms with Crippen LogP contribution in [0.15, 0.2) is 0 Å². The van der Waals surface area contributed by atoms with Gasteiger partial charge in [-0.25, -0.2) is 0 Å². The van der Waals surface area contributed by atoms with E-state index in [0.29, 0.717) is 18.0 Å². The smallest absolute Gasteiger partial charge is 0.0680 e. The highest BCUT2D eigenvalue weighted by atomic mass is 16.5. The summed E-state index contributed by atoms with van der Waals surface area (Å²) in [4.78, 5) is 2.53. The molecular formula is C15H27NO2. The highest BCUT2D eigenvalue weighted by Crippen LogP contribution is 2.42. The van der Waals surface area contributed by atoms with Crippen LogP contribution in [0.25, 0.3) is 0 Å². The Kier molecular flexibility index (Phi) is 3.65. The number of rotatable bonds is 2. The van der Waals surface area contributed by atoms with Gasteiger partial charge in [0, 0.05) is 25.3 Å². The zero-order chi connectivity index (χ0) is 12.6. The van der Waals surface area contributed by atoms with E-state index in [-0.39, 0.29) is 5.60 Å². The van der Waals surface area contributed by atoms with Crippen LogP contribution in [0.4, 0.5) is 0 Å². The summed E-state index contributed by atoms with van der Waals surface area (Å²) in [6.45, 7) is 1.79. The van der Waals surface area contributed by atoms with Gasteiger partial charge in [-0.05, 0) is 57.9 Å². The molecule has 3 fully saturated rings. The minimum Gasteiger partial charge on any atom is -0.390 e. The molecule has 0 amide bonds. The van der Waals surface area contributed by atoms with Gasteiger partial charge >= 0.3 is 0 Å². The zero-order valence-corrected chi connectivity index (χ0v) is 11.6. The van der Waals surface area contributed by atoms with Gasteiger partial charge in [0.25, 0.3) is 0 Å². The maximum absolute atomic E-state index is 11.0. The zero-order valence-electron chi connectivity index (χ0n) is 11.6. The summed E-state index contributed by atoms with van der Waals surface area (Å²) in [5, 5.41) is 11.0. The first-order valence-electron chi connectivity index (χ1n) is 7.68. The lowest BCUT2D eigenvalue weighted by molar-refractivity contribution is -0.100. The molecule has 3 heterocycles. The fourth-order valence-electron chi connectivity index (χ4n) is 4.40. The summed E-state index contributed by atoms with van der Waals surface area (Å²) in [5.74, 6) is 0.688. The molecule has 2 atom stereocenters. The normalized spacial score (nSPS) is 43.0. The summed E-state index contributed by atoms with van der Waals surface area (Å²) in [6, 6.07) is 1.25. The van der Waals surface area contributed by atoms with E-state index in [4.69, 9.17) is 4.74 Å². The van der Waals surface area contributed by atoms with Crippen molar-refractivity contribution in [3.8, 4) is 0 Å². The van der Waals surface area contributed by atoms with Crippen molar-refractivity contribution in [1.82, 2.24) is 4.90 Å². The summed E-state index contributed by atoms with van der Waals surface area (Å²) < 4.78 is 5.42.